The normalized spacial score (nSPS) is 14.4. The topological polar surface area (TPSA) is 84.2 Å². The van der Waals surface area contributed by atoms with Gasteiger partial charge in [0.05, 0.1) is 17.5 Å². The van der Waals surface area contributed by atoms with Crippen molar-refractivity contribution in [2.24, 2.45) is 0 Å². The van der Waals surface area contributed by atoms with E-state index in [0.717, 1.165) is 22.4 Å². The molecule has 0 fully saturated rings. The molecule has 29 heavy (non-hydrogen) atoms. The molecule has 0 saturated carbocycles. The maximum atomic E-state index is 12.6. The lowest BCUT2D eigenvalue weighted by Gasteiger charge is -2.16. The van der Waals surface area contributed by atoms with Gasteiger partial charge in [-0.3, -0.25) is 9.59 Å². The van der Waals surface area contributed by atoms with Crippen LogP contribution in [0.3, 0.4) is 0 Å². The number of nitrogens with one attached hydrogen (secondary N) is 2. The van der Waals surface area contributed by atoms with E-state index in [9.17, 15) is 9.59 Å². The van der Waals surface area contributed by atoms with E-state index in [2.05, 4.69) is 15.6 Å². The third-order valence-electron chi connectivity index (χ3n) is 5.28. The molecule has 0 aliphatic carbocycles. The van der Waals surface area contributed by atoms with E-state index in [1.54, 1.807) is 6.07 Å². The average molecular weight is 389 g/mol. The summed E-state index contributed by atoms with van der Waals surface area (Å²) in [4.78, 5) is 29.2. The molecule has 2 amide bonds. The molecule has 0 atom stereocenters. The first-order valence-corrected chi connectivity index (χ1v) is 9.53. The standard InChI is InChI=1S/C23H23N3O3/c1-13-6-5-7-15(10-13)21-25-19(14(2)29-21)12-20(27)24-16-8-9-18-17(11-16)23(3,4)22(28)26-18/h5-11H,12H2,1-4H3,(H,24,27)(H,26,28). The largest absolute Gasteiger partial charge is 0.441 e. The Morgan fingerprint density at radius 1 is 1.17 bits per heavy atom. The molecular formula is C23H23N3O3. The highest BCUT2D eigenvalue weighted by molar-refractivity contribution is 6.06. The summed E-state index contributed by atoms with van der Waals surface area (Å²) in [5, 5.41) is 5.76. The van der Waals surface area contributed by atoms with Crippen molar-refractivity contribution < 1.29 is 14.0 Å². The molecule has 1 aliphatic heterocycles. The number of nitrogens with zero attached hydrogens (tertiary/aromatic N) is 1. The molecule has 0 bridgehead atoms. The van der Waals surface area contributed by atoms with Crippen LogP contribution in [-0.2, 0) is 21.4 Å². The van der Waals surface area contributed by atoms with Crippen LogP contribution < -0.4 is 10.6 Å². The van der Waals surface area contributed by atoms with Crippen molar-refractivity contribution in [3.63, 3.8) is 0 Å². The second-order valence-corrected chi connectivity index (χ2v) is 7.96. The van der Waals surface area contributed by atoms with Crippen LogP contribution in [0.5, 0.6) is 0 Å². The molecule has 1 aliphatic rings. The molecule has 1 aromatic heterocycles. The zero-order valence-electron chi connectivity index (χ0n) is 16.9. The third kappa shape index (κ3) is 3.53. The number of aromatic nitrogens is 1. The summed E-state index contributed by atoms with van der Waals surface area (Å²) in [5.74, 6) is 0.907. The first-order chi connectivity index (χ1) is 13.7. The van der Waals surface area contributed by atoms with Crippen molar-refractivity contribution in [1.82, 2.24) is 4.98 Å². The van der Waals surface area contributed by atoms with Gasteiger partial charge >= 0.3 is 0 Å². The predicted molar refractivity (Wildman–Crippen MR) is 112 cm³/mol. The number of rotatable bonds is 4. The SMILES string of the molecule is Cc1cccc(-c2nc(CC(=O)Nc3ccc4c(c3)C(C)(C)C(=O)N4)c(C)o2)c1. The molecule has 2 aromatic carbocycles. The van der Waals surface area contributed by atoms with Crippen molar-refractivity contribution in [2.45, 2.75) is 39.5 Å². The Hall–Kier alpha value is -3.41. The van der Waals surface area contributed by atoms with Crippen LogP contribution in [0.2, 0.25) is 0 Å². The summed E-state index contributed by atoms with van der Waals surface area (Å²) in [6, 6.07) is 13.3. The number of fused-ring (bicyclic) bond motifs is 1. The number of hydrogen-bond acceptors (Lipinski definition) is 4. The summed E-state index contributed by atoms with van der Waals surface area (Å²) in [6.07, 6.45) is 0.110. The zero-order chi connectivity index (χ0) is 20.8. The lowest BCUT2D eigenvalue weighted by atomic mass is 9.86. The van der Waals surface area contributed by atoms with Gasteiger partial charge in [-0.1, -0.05) is 17.7 Å². The van der Waals surface area contributed by atoms with Crippen LogP contribution in [-0.4, -0.2) is 16.8 Å². The van der Waals surface area contributed by atoms with Gasteiger partial charge in [-0.25, -0.2) is 4.98 Å². The minimum Gasteiger partial charge on any atom is -0.441 e. The van der Waals surface area contributed by atoms with Crippen molar-refractivity contribution in [2.75, 3.05) is 10.6 Å². The Balaban J connectivity index is 1.50. The van der Waals surface area contributed by atoms with Crippen molar-refractivity contribution in [1.29, 1.82) is 0 Å². The molecule has 0 saturated heterocycles. The van der Waals surface area contributed by atoms with Crippen LogP contribution in [0.4, 0.5) is 11.4 Å². The minimum absolute atomic E-state index is 0.0436. The number of carbonyl (C=O) groups excluding carboxylic acids is 2. The van der Waals surface area contributed by atoms with Gasteiger partial charge in [0.15, 0.2) is 0 Å². The Kier molecular flexibility index (Phi) is 4.49. The minimum atomic E-state index is -0.624. The number of aryl methyl sites for hydroxylation is 2. The van der Waals surface area contributed by atoms with Gasteiger partial charge in [-0.15, -0.1) is 0 Å². The lowest BCUT2D eigenvalue weighted by Crippen LogP contribution is -2.27. The number of carbonyl (C=O) groups is 2. The first kappa shape index (κ1) is 18.9. The van der Waals surface area contributed by atoms with Crippen LogP contribution in [0, 0.1) is 13.8 Å². The van der Waals surface area contributed by atoms with Crippen LogP contribution in [0.25, 0.3) is 11.5 Å². The summed E-state index contributed by atoms with van der Waals surface area (Å²) in [5.41, 5.74) is 4.30. The van der Waals surface area contributed by atoms with Gasteiger partial charge in [0.2, 0.25) is 17.7 Å². The highest BCUT2D eigenvalue weighted by Gasteiger charge is 2.38. The van der Waals surface area contributed by atoms with Crippen molar-refractivity contribution >= 4 is 23.2 Å². The molecule has 6 nitrogen and oxygen atoms in total. The Bertz CT molecular complexity index is 1130. The van der Waals surface area contributed by atoms with Gasteiger partial charge < -0.3 is 15.1 Å². The van der Waals surface area contributed by atoms with Gasteiger partial charge in [0.1, 0.15) is 5.76 Å². The molecule has 0 radical (unpaired) electrons. The quantitative estimate of drug-likeness (QED) is 0.694. The van der Waals surface area contributed by atoms with Crippen LogP contribution in [0.15, 0.2) is 46.9 Å². The lowest BCUT2D eigenvalue weighted by molar-refractivity contribution is -0.119. The number of hydrogen-bond donors (Lipinski definition) is 2. The summed E-state index contributed by atoms with van der Waals surface area (Å²) in [7, 11) is 0. The van der Waals surface area contributed by atoms with Gasteiger partial charge in [0.25, 0.3) is 0 Å². The number of anilines is 2. The Morgan fingerprint density at radius 2 is 1.97 bits per heavy atom. The van der Waals surface area contributed by atoms with E-state index in [4.69, 9.17) is 4.42 Å². The first-order valence-electron chi connectivity index (χ1n) is 9.53. The summed E-state index contributed by atoms with van der Waals surface area (Å²) in [6.45, 7) is 7.55. The van der Waals surface area contributed by atoms with Crippen molar-refractivity contribution in [3.8, 4) is 11.5 Å². The maximum absolute atomic E-state index is 12.6. The van der Waals surface area contributed by atoms with E-state index >= 15 is 0 Å². The average Bonchev–Trinajstić information content (AvgIpc) is 3.13. The van der Waals surface area contributed by atoms with E-state index in [1.807, 2.05) is 64.1 Å². The summed E-state index contributed by atoms with van der Waals surface area (Å²) < 4.78 is 5.77. The fourth-order valence-electron chi connectivity index (χ4n) is 3.50. The van der Waals surface area contributed by atoms with Gasteiger partial charge in [-0.2, -0.15) is 0 Å². The molecule has 148 valence electrons. The molecule has 6 heteroatoms. The highest BCUT2D eigenvalue weighted by atomic mass is 16.4. The van der Waals surface area contributed by atoms with Gasteiger partial charge in [0, 0.05) is 16.9 Å². The third-order valence-corrected chi connectivity index (χ3v) is 5.28. The van der Waals surface area contributed by atoms with E-state index < -0.39 is 5.41 Å². The molecule has 3 aromatic rings. The molecule has 0 spiro atoms. The molecule has 2 N–H and O–H groups in total. The van der Waals surface area contributed by atoms with Crippen molar-refractivity contribution in [3.05, 3.63) is 65.0 Å². The maximum Gasteiger partial charge on any atom is 0.234 e. The molecular weight excluding hydrogens is 366 g/mol. The monoisotopic (exact) mass is 389 g/mol. The van der Waals surface area contributed by atoms with Gasteiger partial charge in [-0.05, 0) is 63.6 Å². The Morgan fingerprint density at radius 3 is 2.72 bits per heavy atom. The predicted octanol–water partition coefficient (Wildman–Crippen LogP) is 4.37. The number of oxazole rings is 1. The number of amides is 2. The second-order valence-electron chi connectivity index (χ2n) is 7.96. The summed E-state index contributed by atoms with van der Waals surface area (Å²) >= 11 is 0. The zero-order valence-corrected chi connectivity index (χ0v) is 16.9. The second kappa shape index (κ2) is 6.88. The van der Waals surface area contributed by atoms with Crippen LogP contribution >= 0.6 is 0 Å². The fourth-order valence-corrected chi connectivity index (χ4v) is 3.50. The molecule has 0 unspecified atom stereocenters. The number of benzene rings is 2. The molecule has 2 heterocycles. The molecule has 4 rings (SSSR count). The van der Waals surface area contributed by atoms with Crippen LogP contribution in [0.1, 0.15) is 36.4 Å². The smallest absolute Gasteiger partial charge is 0.234 e. The highest BCUT2D eigenvalue weighted by Crippen LogP contribution is 2.38. The van der Waals surface area contributed by atoms with E-state index in [0.29, 0.717) is 23.0 Å². The van der Waals surface area contributed by atoms with E-state index in [1.165, 1.54) is 0 Å². The van der Waals surface area contributed by atoms with E-state index in [-0.39, 0.29) is 18.2 Å². The Labute approximate surface area is 169 Å². The fraction of sp³-hybridized carbons (Fsp3) is 0.261.